The first-order valence-electron chi connectivity index (χ1n) is 16.0. The summed E-state index contributed by atoms with van der Waals surface area (Å²) in [7, 11) is 6.64. The number of pyridine rings is 1. The Morgan fingerprint density at radius 3 is 2.37 bits per heavy atom. The maximum atomic E-state index is 15.2. The van der Waals surface area contributed by atoms with Gasteiger partial charge in [-0.2, -0.15) is 10.1 Å². The van der Waals surface area contributed by atoms with E-state index >= 15 is 4.39 Å². The molecule has 0 spiro atoms. The number of hydrogen-bond donors (Lipinski definition) is 1. The summed E-state index contributed by atoms with van der Waals surface area (Å²) >= 11 is 12.6. The standard InChI is InChI=1S/C36H38Cl2FN7O5/c1-8-51-35(48)31-29(32(20(2)3)46(43-31)28-17-40-36(44(4)5)42-33(28)50-7)30(22-11-14-25(37)27(39)15-22)41-23-16-26(38)34(47)45(19-23)18-21-9-12-24(49-6)13-10-21/h9-17,19-20,30,41H,8,18H2,1-7H3. The van der Waals surface area contributed by atoms with E-state index in [-0.39, 0.29) is 40.7 Å². The molecule has 15 heteroatoms. The largest absolute Gasteiger partial charge is 0.497 e. The summed E-state index contributed by atoms with van der Waals surface area (Å²) in [5.41, 5.74) is 2.48. The predicted molar refractivity (Wildman–Crippen MR) is 195 cm³/mol. The van der Waals surface area contributed by atoms with Gasteiger partial charge in [-0.05, 0) is 54.3 Å². The van der Waals surface area contributed by atoms with Gasteiger partial charge >= 0.3 is 5.97 Å². The zero-order valence-electron chi connectivity index (χ0n) is 29.2. The Balaban J connectivity index is 1.75. The minimum atomic E-state index is -0.946. The number of methoxy groups -OCH3 is 2. The third kappa shape index (κ3) is 7.94. The fourth-order valence-electron chi connectivity index (χ4n) is 5.58. The molecule has 0 aliphatic carbocycles. The Hall–Kier alpha value is -5.14. The van der Waals surface area contributed by atoms with Crippen LogP contribution < -0.4 is 25.2 Å². The SMILES string of the molecule is CCOC(=O)c1nn(-c2cnc(N(C)C)nc2OC)c(C(C)C)c1C(Nc1cc(Cl)c(=O)n(Cc2ccc(OC)cc2)c1)c1ccc(Cl)c(F)c1. The highest BCUT2D eigenvalue weighted by Crippen LogP contribution is 2.39. The zero-order chi connectivity index (χ0) is 37.0. The molecular formula is C36H38Cl2FN7O5. The highest BCUT2D eigenvalue weighted by atomic mass is 35.5. The number of ether oxygens (including phenoxy) is 3. The second-order valence-corrected chi connectivity index (χ2v) is 12.8. The van der Waals surface area contributed by atoms with Crippen molar-refractivity contribution < 1.29 is 23.4 Å². The Labute approximate surface area is 304 Å². The van der Waals surface area contributed by atoms with E-state index < -0.39 is 23.4 Å². The number of nitrogens with zero attached hydrogens (tertiary/aromatic N) is 6. The van der Waals surface area contributed by atoms with Crippen molar-refractivity contribution in [3.63, 3.8) is 0 Å². The maximum absolute atomic E-state index is 15.2. The lowest BCUT2D eigenvalue weighted by atomic mass is 9.92. The van der Waals surface area contributed by atoms with Crippen LogP contribution in [0.15, 0.2) is 65.7 Å². The van der Waals surface area contributed by atoms with Crippen molar-refractivity contribution in [1.82, 2.24) is 24.3 Å². The lowest BCUT2D eigenvalue weighted by Crippen LogP contribution is -2.23. The van der Waals surface area contributed by atoms with Gasteiger partial charge in [0.2, 0.25) is 11.8 Å². The average molecular weight is 739 g/mol. The molecule has 3 heterocycles. The number of halogens is 3. The summed E-state index contributed by atoms with van der Waals surface area (Å²) in [5.74, 6) is -0.370. The van der Waals surface area contributed by atoms with E-state index in [1.165, 1.54) is 29.9 Å². The van der Waals surface area contributed by atoms with Crippen LogP contribution in [0, 0.1) is 5.82 Å². The predicted octanol–water partition coefficient (Wildman–Crippen LogP) is 6.90. The first kappa shape index (κ1) is 37.1. The van der Waals surface area contributed by atoms with Gasteiger partial charge in [0.1, 0.15) is 22.3 Å². The van der Waals surface area contributed by atoms with Gasteiger partial charge in [-0.25, -0.2) is 18.9 Å². The van der Waals surface area contributed by atoms with Crippen LogP contribution in [0.25, 0.3) is 5.69 Å². The summed E-state index contributed by atoms with van der Waals surface area (Å²) < 4.78 is 34.6. The number of carbonyl (C=O) groups excluding carboxylic acids is 1. The van der Waals surface area contributed by atoms with E-state index in [4.69, 9.17) is 42.5 Å². The summed E-state index contributed by atoms with van der Waals surface area (Å²) in [6.45, 7) is 5.82. The molecule has 1 unspecified atom stereocenters. The molecule has 5 aromatic rings. The Morgan fingerprint density at radius 1 is 1.04 bits per heavy atom. The normalized spacial score (nSPS) is 11.7. The topological polar surface area (TPSA) is 126 Å². The van der Waals surface area contributed by atoms with Crippen LogP contribution in [-0.2, 0) is 11.3 Å². The highest BCUT2D eigenvalue weighted by molar-refractivity contribution is 6.31. The molecule has 1 N–H and O–H groups in total. The second kappa shape index (κ2) is 15.8. The Bertz CT molecular complexity index is 2100. The molecule has 51 heavy (non-hydrogen) atoms. The van der Waals surface area contributed by atoms with Crippen LogP contribution in [0.5, 0.6) is 11.6 Å². The maximum Gasteiger partial charge on any atom is 0.359 e. The molecule has 0 bridgehead atoms. The number of nitrogens with one attached hydrogen (secondary N) is 1. The third-order valence-electron chi connectivity index (χ3n) is 7.95. The van der Waals surface area contributed by atoms with Crippen molar-refractivity contribution in [3.05, 3.63) is 115 Å². The van der Waals surface area contributed by atoms with E-state index in [1.807, 2.05) is 26.0 Å². The lowest BCUT2D eigenvalue weighted by molar-refractivity contribution is 0.0517. The van der Waals surface area contributed by atoms with E-state index in [0.717, 1.165) is 5.56 Å². The molecule has 0 fully saturated rings. The molecule has 3 aromatic heterocycles. The fraction of sp³-hybridized carbons (Fsp3) is 0.306. The van der Waals surface area contributed by atoms with Gasteiger partial charge in [0, 0.05) is 25.9 Å². The van der Waals surface area contributed by atoms with Crippen molar-refractivity contribution in [2.24, 2.45) is 0 Å². The zero-order valence-corrected chi connectivity index (χ0v) is 30.7. The van der Waals surface area contributed by atoms with Gasteiger partial charge < -0.3 is 29.0 Å². The molecule has 0 aliphatic heterocycles. The van der Waals surface area contributed by atoms with E-state index in [9.17, 15) is 9.59 Å². The van der Waals surface area contributed by atoms with Crippen LogP contribution in [0.4, 0.5) is 16.0 Å². The van der Waals surface area contributed by atoms with E-state index in [2.05, 4.69) is 15.3 Å². The third-order valence-corrected chi connectivity index (χ3v) is 8.53. The summed E-state index contributed by atoms with van der Waals surface area (Å²) in [6.07, 6.45) is 3.16. The van der Waals surface area contributed by atoms with Gasteiger partial charge in [-0.15, -0.1) is 0 Å². The number of aromatic nitrogens is 5. The Morgan fingerprint density at radius 2 is 1.76 bits per heavy atom. The summed E-state index contributed by atoms with van der Waals surface area (Å²) in [5, 5.41) is 8.05. The van der Waals surface area contributed by atoms with Crippen molar-refractivity contribution >= 4 is 40.8 Å². The molecule has 0 amide bonds. The summed E-state index contributed by atoms with van der Waals surface area (Å²) in [6, 6.07) is 12.2. The van der Waals surface area contributed by atoms with Gasteiger partial charge in [-0.3, -0.25) is 4.79 Å². The molecule has 5 rings (SSSR count). The molecule has 2 aromatic carbocycles. The van der Waals surface area contributed by atoms with Gasteiger partial charge in [-0.1, -0.05) is 55.2 Å². The molecule has 1 atom stereocenters. The average Bonchev–Trinajstić information content (AvgIpc) is 3.51. The van der Waals surface area contributed by atoms with Gasteiger partial charge in [0.25, 0.3) is 5.56 Å². The van der Waals surface area contributed by atoms with Gasteiger partial charge in [0.05, 0.1) is 56.0 Å². The van der Waals surface area contributed by atoms with Crippen LogP contribution in [0.3, 0.4) is 0 Å². The number of esters is 1. The van der Waals surface area contributed by atoms with Crippen LogP contribution >= 0.6 is 23.2 Å². The van der Waals surface area contributed by atoms with Crippen LogP contribution in [0.1, 0.15) is 65.6 Å². The van der Waals surface area contributed by atoms with Crippen LogP contribution in [-0.4, -0.2) is 65.2 Å². The van der Waals surface area contributed by atoms with Crippen molar-refractivity contribution in [2.45, 2.75) is 39.3 Å². The quantitative estimate of drug-likeness (QED) is 0.128. The van der Waals surface area contributed by atoms with Gasteiger partial charge in [0.15, 0.2) is 5.69 Å². The number of benzene rings is 2. The molecule has 0 aliphatic rings. The number of carbonyl (C=O) groups is 1. The minimum Gasteiger partial charge on any atom is -0.497 e. The first-order chi connectivity index (χ1) is 24.4. The fourth-order valence-corrected chi connectivity index (χ4v) is 5.93. The molecule has 12 nitrogen and oxygen atoms in total. The highest BCUT2D eigenvalue weighted by Gasteiger charge is 2.34. The van der Waals surface area contributed by atoms with Crippen molar-refractivity contribution in [1.29, 1.82) is 0 Å². The monoisotopic (exact) mass is 737 g/mol. The molecule has 0 saturated carbocycles. The van der Waals surface area contributed by atoms with E-state index in [1.54, 1.807) is 68.3 Å². The number of rotatable bonds is 13. The first-order valence-corrected chi connectivity index (χ1v) is 16.7. The molecular weight excluding hydrogens is 700 g/mol. The van der Waals surface area contributed by atoms with Crippen molar-refractivity contribution in [3.8, 4) is 17.3 Å². The minimum absolute atomic E-state index is 0.0372. The molecule has 268 valence electrons. The number of anilines is 2. The summed E-state index contributed by atoms with van der Waals surface area (Å²) in [4.78, 5) is 37.7. The van der Waals surface area contributed by atoms with E-state index in [0.29, 0.717) is 39.9 Å². The number of hydrogen-bond acceptors (Lipinski definition) is 10. The molecule has 0 radical (unpaired) electrons. The lowest BCUT2D eigenvalue weighted by Gasteiger charge is -2.24. The smallest absolute Gasteiger partial charge is 0.359 e. The van der Waals surface area contributed by atoms with Crippen molar-refractivity contribution in [2.75, 3.05) is 45.1 Å². The second-order valence-electron chi connectivity index (χ2n) is 12.0. The Kier molecular flexibility index (Phi) is 11.5. The molecule has 0 saturated heterocycles. The van der Waals surface area contributed by atoms with Crippen LogP contribution in [0.2, 0.25) is 10.0 Å².